The zero-order valence-electron chi connectivity index (χ0n) is 16.9. The molecule has 0 bridgehead atoms. The Labute approximate surface area is 168 Å². The molecule has 1 aromatic rings. The van der Waals surface area contributed by atoms with Gasteiger partial charge in [-0.15, -0.1) is 0 Å². The van der Waals surface area contributed by atoms with Crippen LogP contribution in [0.3, 0.4) is 0 Å². The van der Waals surface area contributed by atoms with Crippen LogP contribution in [0.25, 0.3) is 0 Å². The van der Waals surface area contributed by atoms with E-state index in [1.165, 1.54) is 12.8 Å². The maximum Gasteiger partial charge on any atom is 0.251 e. The smallest absolute Gasteiger partial charge is 0.251 e. The Balaban J connectivity index is 1.59. The first-order valence-electron chi connectivity index (χ1n) is 10.5. The minimum absolute atomic E-state index is 0.0176. The zero-order valence-corrected chi connectivity index (χ0v) is 16.9. The number of likely N-dealkylation sites (tertiary alicyclic amines) is 1. The van der Waals surface area contributed by atoms with Crippen LogP contribution in [-0.4, -0.2) is 48.8 Å². The molecule has 1 aliphatic rings. The molecule has 2 rings (SSSR count). The van der Waals surface area contributed by atoms with E-state index in [2.05, 4.69) is 17.6 Å². The van der Waals surface area contributed by atoms with Crippen molar-refractivity contribution in [2.75, 3.05) is 26.2 Å². The first-order chi connectivity index (χ1) is 13.6. The van der Waals surface area contributed by atoms with Crippen LogP contribution in [0.5, 0.6) is 0 Å². The fraction of sp³-hybridized carbons (Fsp3) is 0.591. The normalized spacial score (nSPS) is 14.5. The number of amides is 3. The number of carbonyl (C=O) groups excluding carboxylic acids is 3. The van der Waals surface area contributed by atoms with E-state index in [9.17, 15) is 14.4 Å². The molecule has 3 amide bonds. The van der Waals surface area contributed by atoms with Crippen LogP contribution >= 0.6 is 0 Å². The molecule has 0 atom stereocenters. The van der Waals surface area contributed by atoms with Gasteiger partial charge in [0.25, 0.3) is 5.91 Å². The third-order valence-corrected chi connectivity index (χ3v) is 5.21. The van der Waals surface area contributed by atoms with Crippen LogP contribution in [0.4, 0.5) is 0 Å². The van der Waals surface area contributed by atoms with Gasteiger partial charge in [0.1, 0.15) is 0 Å². The standard InChI is InChI=1S/C22H33N3O3/c1-2-3-4-8-11-20(26)25-16-12-19(13-17-25)22(28)24-15-14-23-21(27)18-9-6-5-7-10-18/h5-7,9-10,19H,2-4,8,11-17H2,1H3,(H,23,27)(H,24,28). The molecule has 0 saturated carbocycles. The van der Waals surface area contributed by atoms with Crippen LogP contribution < -0.4 is 10.6 Å². The lowest BCUT2D eigenvalue weighted by atomic mass is 9.95. The monoisotopic (exact) mass is 387 g/mol. The number of rotatable bonds is 10. The Morgan fingerprint density at radius 2 is 1.64 bits per heavy atom. The number of piperidine rings is 1. The van der Waals surface area contributed by atoms with Gasteiger partial charge in [0.15, 0.2) is 0 Å². The number of hydrogen-bond donors (Lipinski definition) is 2. The number of unbranched alkanes of at least 4 members (excludes halogenated alkanes) is 3. The summed E-state index contributed by atoms with van der Waals surface area (Å²) in [6.45, 7) is 4.29. The number of benzene rings is 1. The third-order valence-electron chi connectivity index (χ3n) is 5.21. The van der Waals surface area contributed by atoms with Crippen molar-refractivity contribution in [3.8, 4) is 0 Å². The summed E-state index contributed by atoms with van der Waals surface area (Å²) in [6.07, 6.45) is 6.47. The summed E-state index contributed by atoms with van der Waals surface area (Å²) in [5.41, 5.74) is 0.612. The van der Waals surface area contributed by atoms with Gasteiger partial charge in [-0.3, -0.25) is 14.4 Å². The highest BCUT2D eigenvalue weighted by molar-refractivity contribution is 5.94. The molecule has 0 spiro atoms. The summed E-state index contributed by atoms with van der Waals surface area (Å²) in [4.78, 5) is 38.4. The Bertz CT molecular complexity index is 625. The molecule has 28 heavy (non-hydrogen) atoms. The molecule has 2 N–H and O–H groups in total. The second-order valence-corrected chi connectivity index (χ2v) is 7.38. The third kappa shape index (κ3) is 7.33. The van der Waals surface area contributed by atoms with Gasteiger partial charge in [0, 0.05) is 44.1 Å². The van der Waals surface area contributed by atoms with Crippen LogP contribution in [0.15, 0.2) is 30.3 Å². The Morgan fingerprint density at radius 3 is 2.32 bits per heavy atom. The van der Waals surface area contributed by atoms with Crippen molar-refractivity contribution in [3.63, 3.8) is 0 Å². The summed E-state index contributed by atoms with van der Waals surface area (Å²) in [5, 5.41) is 5.70. The lowest BCUT2D eigenvalue weighted by Gasteiger charge is -2.31. The van der Waals surface area contributed by atoms with Crippen molar-refractivity contribution < 1.29 is 14.4 Å². The number of carbonyl (C=O) groups is 3. The van der Waals surface area contributed by atoms with E-state index in [1.807, 2.05) is 23.1 Å². The molecular weight excluding hydrogens is 354 g/mol. The van der Waals surface area contributed by atoms with Crippen molar-refractivity contribution in [1.29, 1.82) is 0 Å². The topological polar surface area (TPSA) is 78.5 Å². The highest BCUT2D eigenvalue weighted by atomic mass is 16.2. The molecule has 0 unspecified atom stereocenters. The van der Waals surface area contributed by atoms with Crippen molar-refractivity contribution in [1.82, 2.24) is 15.5 Å². The zero-order chi connectivity index (χ0) is 20.2. The summed E-state index contributed by atoms with van der Waals surface area (Å²) in [6, 6.07) is 9.01. The Morgan fingerprint density at radius 1 is 0.964 bits per heavy atom. The lowest BCUT2D eigenvalue weighted by Crippen LogP contribution is -2.44. The van der Waals surface area contributed by atoms with Crippen molar-refractivity contribution in [3.05, 3.63) is 35.9 Å². The molecule has 6 heteroatoms. The maximum atomic E-state index is 12.3. The number of nitrogens with zero attached hydrogens (tertiary/aromatic N) is 1. The van der Waals surface area contributed by atoms with Gasteiger partial charge < -0.3 is 15.5 Å². The summed E-state index contributed by atoms with van der Waals surface area (Å²) in [7, 11) is 0. The molecule has 154 valence electrons. The van der Waals surface area contributed by atoms with Crippen LogP contribution in [-0.2, 0) is 9.59 Å². The molecule has 0 radical (unpaired) electrons. The molecule has 1 heterocycles. The minimum atomic E-state index is -0.138. The average molecular weight is 388 g/mol. The predicted molar refractivity (Wildman–Crippen MR) is 110 cm³/mol. The second kappa shape index (κ2) is 12.2. The second-order valence-electron chi connectivity index (χ2n) is 7.38. The van der Waals surface area contributed by atoms with Crippen molar-refractivity contribution in [2.45, 2.75) is 51.9 Å². The Kier molecular flexibility index (Phi) is 9.52. The minimum Gasteiger partial charge on any atom is -0.354 e. The van der Waals surface area contributed by atoms with Crippen LogP contribution in [0.1, 0.15) is 62.2 Å². The van der Waals surface area contributed by atoms with Gasteiger partial charge in [-0.1, -0.05) is 44.4 Å². The lowest BCUT2D eigenvalue weighted by molar-refractivity contribution is -0.135. The van der Waals surface area contributed by atoms with E-state index in [0.717, 1.165) is 12.8 Å². The fourth-order valence-electron chi connectivity index (χ4n) is 3.45. The highest BCUT2D eigenvalue weighted by Gasteiger charge is 2.26. The number of hydrogen-bond acceptors (Lipinski definition) is 3. The summed E-state index contributed by atoms with van der Waals surface area (Å²) >= 11 is 0. The van der Waals surface area contributed by atoms with Gasteiger partial charge >= 0.3 is 0 Å². The van der Waals surface area contributed by atoms with E-state index in [4.69, 9.17) is 0 Å². The van der Waals surface area contributed by atoms with Crippen molar-refractivity contribution >= 4 is 17.7 Å². The summed E-state index contributed by atoms with van der Waals surface area (Å²) in [5.74, 6) is 0.0529. The van der Waals surface area contributed by atoms with Gasteiger partial charge in [-0.05, 0) is 31.4 Å². The number of nitrogens with one attached hydrogen (secondary N) is 2. The average Bonchev–Trinajstić information content (AvgIpc) is 2.74. The van der Waals surface area contributed by atoms with E-state index in [0.29, 0.717) is 51.0 Å². The van der Waals surface area contributed by atoms with Crippen LogP contribution in [0.2, 0.25) is 0 Å². The molecule has 1 saturated heterocycles. The first-order valence-corrected chi connectivity index (χ1v) is 10.5. The maximum absolute atomic E-state index is 12.3. The molecule has 1 aliphatic heterocycles. The highest BCUT2D eigenvalue weighted by Crippen LogP contribution is 2.18. The Hall–Kier alpha value is -2.37. The van der Waals surface area contributed by atoms with Gasteiger partial charge in [-0.25, -0.2) is 0 Å². The van der Waals surface area contributed by atoms with Gasteiger partial charge in [0.2, 0.25) is 11.8 Å². The predicted octanol–water partition coefficient (Wildman–Crippen LogP) is 2.74. The van der Waals surface area contributed by atoms with E-state index in [1.54, 1.807) is 12.1 Å². The van der Waals surface area contributed by atoms with Gasteiger partial charge in [-0.2, -0.15) is 0 Å². The molecule has 0 aliphatic carbocycles. The van der Waals surface area contributed by atoms with E-state index >= 15 is 0 Å². The van der Waals surface area contributed by atoms with E-state index in [-0.39, 0.29) is 23.6 Å². The van der Waals surface area contributed by atoms with Crippen molar-refractivity contribution in [2.24, 2.45) is 5.92 Å². The molecule has 1 aromatic carbocycles. The first kappa shape index (κ1) is 21.9. The SMILES string of the molecule is CCCCCCC(=O)N1CCC(C(=O)NCCNC(=O)c2ccccc2)CC1. The van der Waals surface area contributed by atoms with E-state index < -0.39 is 0 Å². The summed E-state index contributed by atoms with van der Waals surface area (Å²) < 4.78 is 0. The van der Waals surface area contributed by atoms with Crippen LogP contribution in [0, 0.1) is 5.92 Å². The molecular formula is C22H33N3O3. The molecule has 0 aromatic heterocycles. The fourth-order valence-corrected chi connectivity index (χ4v) is 3.45. The quantitative estimate of drug-likeness (QED) is 0.606. The molecule has 6 nitrogen and oxygen atoms in total. The molecule has 1 fully saturated rings. The van der Waals surface area contributed by atoms with Gasteiger partial charge in [0.05, 0.1) is 0 Å². The largest absolute Gasteiger partial charge is 0.354 e.